The fourth-order valence-corrected chi connectivity index (χ4v) is 2.76. The Morgan fingerprint density at radius 3 is 2.72 bits per heavy atom. The second-order valence-electron chi connectivity index (χ2n) is 5.87. The smallest absolute Gasteiger partial charge is 0.417 e. The number of piperidine rings is 1. The Morgan fingerprint density at radius 2 is 2.04 bits per heavy atom. The Bertz CT molecular complexity index is 718. The van der Waals surface area contributed by atoms with Gasteiger partial charge in [-0.1, -0.05) is 30.3 Å². The number of aromatic nitrogens is 2. The number of likely N-dealkylation sites (tertiary alicyclic amines) is 1. The predicted molar refractivity (Wildman–Crippen MR) is 81.5 cm³/mol. The van der Waals surface area contributed by atoms with E-state index in [2.05, 4.69) is 15.5 Å². The van der Waals surface area contributed by atoms with E-state index in [1.165, 1.54) is 0 Å². The third-order valence-corrected chi connectivity index (χ3v) is 4.03. The van der Waals surface area contributed by atoms with Gasteiger partial charge in [-0.25, -0.2) is 4.79 Å². The summed E-state index contributed by atoms with van der Waals surface area (Å²) in [6.45, 7) is 1.18. The van der Waals surface area contributed by atoms with Gasteiger partial charge in [-0.15, -0.1) is 10.2 Å². The zero-order chi connectivity index (χ0) is 17.9. The Hall–Kier alpha value is -2.58. The number of urea groups is 1. The minimum atomic E-state index is -4.66. The molecule has 1 aromatic carbocycles. The SMILES string of the molecule is O=C(NCc1ccccc1)N1CCCC(c2nnc(C(F)(F)F)o2)C1. The van der Waals surface area contributed by atoms with E-state index in [0.717, 1.165) is 5.56 Å². The van der Waals surface area contributed by atoms with Crippen LogP contribution in [0.4, 0.5) is 18.0 Å². The lowest BCUT2D eigenvalue weighted by Crippen LogP contribution is -2.44. The van der Waals surface area contributed by atoms with Crippen molar-refractivity contribution < 1.29 is 22.4 Å². The lowest BCUT2D eigenvalue weighted by molar-refractivity contribution is -0.157. The van der Waals surface area contributed by atoms with E-state index in [1.807, 2.05) is 30.3 Å². The number of benzene rings is 1. The number of carbonyl (C=O) groups excluding carboxylic acids is 1. The van der Waals surface area contributed by atoms with E-state index in [0.29, 0.717) is 25.9 Å². The third kappa shape index (κ3) is 4.28. The molecular weight excluding hydrogens is 337 g/mol. The van der Waals surface area contributed by atoms with Crippen molar-refractivity contribution in [2.75, 3.05) is 13.1 Å². The van der Waals surface area contributed by atoms with Crippen LogP contribution in [0.2, 0.25) is 0 Å². The first-order valence-corrected chi connectivity index (χ1v) is 7.91. The van der Waals surface area contributed by atoms with Crippen LogP contribution in [0.25, 0.3) is 0 Å². The summed E-state index contributed by atoms with van der Waals surface area (Å²) in [6.07, 6.45) is -3.40. The maximum Gasteiger partial charge on any atom is 0.470 e. The van der Waals surface area contributed by atoms with Crippen LogP contribution in [-0.2, 0) is 12.7 Å². The number of nitrogens with one attached hydrogen (secondary N) is 1. The maximum atomic E-state index is 12.6. The number of carbonyl (C=O) groups is 1. The van der Waals surface area contributed by atoms with E-state index in [9.17, 15) is 18.0 Å². The summed E-state index contributed by atoms with van der Waals surface area (Å²) in [6, 6.07) is 9.19. The van der Waals surface area contributed by atoms with Crippen LogP contribution in [0.5, 0.6) is 0 Å². The lowest BCUT2D eigenvalue weighted by Gasteiger charge is -2.31. The molecule has 1 unspecified atom stereocenters. The molecule has 1 fully saturated rings. The second kappa shape index (κ2) is 7.12. The molecule has 6 nitrogen and oxygen atoms in total. The highest BCUT2D eigenvalue weighted by Gasteiger charge is 2.39. The Balaban J connectivity index is 1.59. The number of amides is 2. The molecule has 2 aromatic rings. The highest BCUT2D eigenvalue weighted by molar-refractivity contribution is 5.74. The molecule has 0 aliphatic carbocycles. The van der Waals surface area contributed by atoms with Gasteiger partial charge in [-0.2, -0.15) is 13.2 Å². The number of alkyl halides is 3. The van der Waals surface area contributed by atoms with Gasteiger partial charge in [0.25, 0.3) is 0 Å². The van der Waals surface area contributed by atoms with Gasteiger partial charge in [-0.05, 0) is 18.4 Å². The first-order chi connectivity index (χ1) is 11.9. The van der Waals surface area contributed by atoms with Gasteiger partial charge >= 0.3 is 18.1 Å². The summed E-state index contributed by atoms with van der Waals surface area (Å²) in [5, 5.41) is 9.36. The maximum absolute atomic E-state index is 12.6. The standard InChI is InChI=1S/C16H17F3N4O2/c17-16(18,19)14-22-21-13(25-14)12-7-4-8-23(10-12)15(24)20-9-11-5-2-1-3-6-11/h1-3,5-6,12H,4,7-10H2,(H,20,24). The van der Waals surface area contributed by atoms with Crippen LogP contribution in [0, 0.1) is 0 Å². The molecule has 1 aromatic heterocycles. The molecule has 2 amide bonds. The largest absolute Gasteiger partial charge is 0.470 e. The van der Waals surface area contributed by atoms with Crippen LogP contribution in [0.15, 0.2) is 34.7 Å². The average Bonchev–Trinajstić information content (AvgIpc) is 3.11. The number of hydrogen-bond donors (Lipinski definition) is 1. The highest BCUT2D eigenvalue weighted by atomic mass is 19.4. The molecule has 1 saturated heterocycles. The van der Waals surface area contributed by atoms with Gasteiger partial charge in [0.15, 0.2) is 0 Å². The Labute approximate surface area is 142 Å². The highest BCUT2D eigenvalue weighted by Crippen LogP contribution is 2.31. The van der Waals surface area contributed by atoms with Crippen LogP contribution in [0.1, 0.15) is 36.1 Å². The van der Waals surface area contributed by atoms with E-state index in [4.69, 9.17) is 4.42 Å². The van der Waals surface area contributed by atoms with E-state index in [-0.39, 0.29) is 24.4 Å². The monoisotopic (exact) mass is 354 g/mol. The van der Waals surface area contributed by atoms with Crippen molar-refractivity contribution in [1.29, 1.82) is 0 Å². The first kappa shape index (κ1) is 17.2. The predicted octanol–water partition coefficient (Wildman–Crippen LogP) is 3.18. The van der Waals surface area contributed by atoms with Crippen molar-refractivity contribution in [3.8, 4) is 0 Å². The number of nitrogens with zero attached hydrogens (tertiary/aromatic N) is 3. The zero-order valence-corrected chi connectivity index (χ0v) is 13.3. The quantitative estimate of drug-likeness (QED) is 0.919. The van der Waals surface area contributed by atoms with E-state index < -0.39 is 12.1 Å². The fraction of sp³-hybridized carbons (Fsp3) is 0.438. The molecule has 134 valence electrons. The van der Waals surface area contributed by atoms with Crippen LogP contribution < -0.4 is 5.32 Å². The van der Waals surface area contributed by atoms with Crippen molar-refractivity contribution in [3.63, 3.8) is 0 Å². The zero-order valence-electron chi connectivity index (χ0n) is 13.3. The normalized spacial score (nSPS) is 18.2. The molecular formula is C16H17F3N4O2. The molecule has 2 heterocycles. The molecule has 25 heavy (non-hydrogen) atoms. The van der Waals surface area contributed by atoms with Crippen molar-refractivity contribution in [2.24, 2.45) is 0 Å². The van der Waals surface area contributed by atoms with Gasteiger partial charge in [0.05, 0.1) is 5.92 Å². The molecule has 0 saturated carbocycles. The van der Waals surface area contributed by atoms with Gasteiger partial charge in [0.1, 0.15) is 0 Å². The molecule has 0 radical (unpaired) electrons. The minimum absolute atomic E-state index is 0.0760. The van der Waals surface area contributed by atoms with Crippen LogP contribution >= 0.6 is 0 Å². The number of hydrogen-bond acceptors (Lipinski definition) is 4. The molecule has 0 bridgehead atoms. The van der Waals surface area contributed by atoms with Gasteiger partial charge in [0, 0.05) is 19.6 Å². The Kier molecular flexibility index (Phi) is 4.91. The topological polar surface area (TPSA) is 71.3 Å². The van der Waals surface area contributed by atoms with Crippen molar-refractivity contribution in [2.45, 2.75) is 31.5 Å². The summed E-state index contributed by atoms with van der Waals surface area (Å²) < 4.78 is 42.4. The molecule has 9 heteroatoms. The minimum Gasteiger partial charge on any atom is -0.417 e. The van der Waals surface area contributed by atoms with Crippen molar-refractivity contribution in [1.82, 2.24) is 20.4 Å². The van der Waals surface area contributed by atoms with E-state index >= 15 is 0 Å². The van der Waals surface area contributed by atoms with Crippen molar-refractivity contribution in [3.05, 3.63) is 47.7 Å². The van der Waals surface area contributed by atoms with E-state index in [1.54, 1.807) is 4.90 Å². The summed E-state index contributed by atoms with van der Waals surface area (Å²) in [5.74, 6) is -1.82. The van der Waals surface area contributed by atoms with Gasteiger partial charge < -0.3 is 14.6 Å². The molecule has 1 aliphatic rings. The Morgan fingerprint density at radius 1 is 1.28 bits per heavy atom. The van der Waals surface area contributed by atoms with Crippen LogP contribution in [0.3, 0.4) is 0 Å². The second-order valence-corrected chi connectivity index (χ2v) is 5.87. The molecule has 3 rings (SSSR count). The summed E-state index contributed by atoms with van der Waals surface area (Å²) in [4.78, 5) is 13.8. The third-order valence-electron chi connectivity index (χ3n) is 4.03. The fourth-order valence-electron chi connectivity index (χ4n) is 2.76. The summed E-state index contributed by atoms with van der Waals surface area (Å²) in [7, 11) is 0. The first-order valence-electron chi connectivity index (χ1n) is 7.91. The number of halogens is 3. The molecule has 1 N–H and O–H groups in total. The summed E-state index contributed by atoms with van der Waals surface area (Å²) in [5.41, 5.74) is 0.969. The molecule has 1 aliphatic heterocycles. The average molecular weight is 354 g/mol. The summed E-state index contributed by atoms with van der Waals surface area (Å²) >= 11 is 0. The van der Waals surface area contributed by atoms with Crippen LogP contribution in [-0.4, -0.2) is 34.2 Å². The molecule has 0 spiro atoms. The van der Waals surface area contributed by atoms with Gasteiger partial charge in [-0.3, -0.25) is 0 Å². The van der Waals surface area contributed by atoms with Crippen molar-refractivity contribution >= 4 is 6.03 Å². The molecule has 1 atom stereocenters. The lowest BCUT2D eigenvalue weighted by atomic mass is 9.98. The number of rotatable bonds is 3. The van der Waals surface area contributed by atoms with Gasteiger partial charge in [0.2, 0.25) is 5.89 Å².